The Labute approximate surface area is 125 Å². The number of nitrogen functional groups attached to an aromatic ring is 1. The molecule has 7 heteroatoms. The summed E-state index contributed by atoms with van der Waals surface area (Å²) in [6.07, 6.45) is -4.50. The lowest BCUT2D eigenvalue weighted by molar-refractivity contribution is -0.137. The maximum atomic E-state index is 14.0. The van der Waals surface area contributed by atoms with Crippen molar-refractivity contribution in [3.05, 3.63) is 51.2 Å². The van der Waals surface area contributed by atoms with E-state index < -0.39 is 17.6 Å². The third kappa shape index (κ3) is 2.76. The highest BCUT2D eigenvalue weighted by atomic mass is 79.9. The van der Waals surface area contributed by atoms with E-state index in [0.717, 1.165) is 18.2 Å². The molecule has 1 nitrogen and oxygen atoms in total. The van der Waals surface area contributed by atoms with E-state index in [1.54, 1.807) is 0 Å². The van der Waals surface area contributed by atoms with Gasteiger partial charge in [-0.3, -0.25) is 0 Å². The van der Waals surface area contributed by atoms with Crippen LogP contribution in [-0.2, 0) is 6.18 Å². The van der Waals surface area contributed by atoms with E-state index in [9.17, 15) is 17.6 Å². The Morgan fingerprint density at radius 1 is 1.05 bits per heavy atom. The summed E-state index contributed by atoms with van der Waals surface area (Å²) in [7, 11) is 0. The van der Waals surface area contributed by atoms with Crippen molar-refractivity contribution in [2.24, 2.45) is 0 Å². The van der Waals surface area contributed by atoms with Gasteiger partial charge in [0.25, 0.3) is 0 Å². The van der Waals surface area contributed by atoms with Crippen LogP contribution in [0.25, 0.3) is 11.1 Å². The lowest BCUT2D eigenvalue weighted by Gasteiger charge is -2.12. The predicted molar refractivity (Wildman–Crippen MR) is 74.0 cm³/mol. The lowest BCUT2D eigenvalue weighted by Crippen LogP contribution is -2.06. The van der Waals surface area contributed by atoms with E-state index >= 15 is 0 Å². The van der Waals surface area contributed by atoms with Crippen molar-refractivity contribution >= 4 is 33.2 Å². The van der Waals surface area contributed by atoms with Crippen LogP contribution in [0.15, 0.2) is 34.8 Å². The molecule has 2 rings (SSSR count). The van der Waals surface area contributed by atoms with Crippen LogP contribution in [-0.4, -0.2) is 0 Å². The first kappa shape index (κ1) is 15.1. The van der Waals surface area contributed by atoms with Gasteiger partial charge in [-0.2, -0.15) is 13.2 Å². The van der Waals surface area contributed by atoms with Gasteiger partial charge in [-0.25, -0.2) is 4.39 Å². The van der Waals surface area contributed by atoms with Crippen molar-refractivity contribution in [2.75, 3.05) is 5.73 Å². The highest BCUT2D eigenvalue weighted by molar-refractivity contribution is 9.10. The molecule has 0 aliphatic carbocycles. The van der Waals surface area contributed by atoms with Crippen LogP contribution in [0, 0.1) is 5.82 Å². The van der Waals surface area contributed by atoms with Gasteiger partial charge in [0.1, 0.15) is 0 Å². The van der Waals surface area contributed by atoms with Gasteiger partial charge in [0, 0.05) is 21.3 Å². The minimum atomic E-state index is -4.50. The van der Waals surface area contributed by atoms with Gasteiger partial charge < -0.3 is 5.73 Å². The summed E-state index contributed by atoms with van der Waals surface area (Å²) in [5.41, 5.74) is 4.73. The Morgan fingerprint density at radius 3 is 2.20 bits per heavy atom. The van der Waals surface area contributed by atoms with Crippen molar-refractivity contribution in [1.29, 1.82) is 0 Å². The average molecular weight is 369 g/mol. The molecule has 0 unspecified atom stereocenters. The number of rotatable bonds is 1. The van der Waals surface area contributed by atoms with E-state index in [0.29, 0.717) is 4.47 Å². The van der Waals surface area contributed by atoms with Crippen molar-refractivity contribution in [1.82, 2.24) is 0 Å². The molecule has 0 saturated carbocycles. The van der Waals surface area contributed by atoms with E-state index in [-0.39, 0.29) is 21.8 Å². The number of nitrogens with two attached hydrogens (primary N) is 1. The summed E-state index contributed by atoms with van der Waals surface area (Å²) < 4.78 is 52.0. The molecule has 0 atom stereocenters. The summed E-state index contributed by atoms with van der Waals surface area (Å²) in [5, 5.41) is -0.151. The summed E-state index contributed by atoms with van der Waals surface area (Å²) in [6, 6.07) is 5.63. The van der Waals surface area contributed by atoms with Crippen molar-refractivity contribution in [2.45, 2.75) is 6.18 Å². The number of alkyl halides is 3. The predicted octanol–water partition coefficient (Wildman–Crippen LogP) is 5.51. The van der Waals surface area contributed by atoms with Crippen LogP contribution < -0.4 is 5.73 Å². The highest BCUT2D eigenvalue weighted by Gasteiger charge is 2.31. The zero-order valence-corrected chi connectivity index (χ0v) is 12.1. The Bertz CT molecular complexity index is 670. The monoisotopic (exact) mass is 367 g/mol. The van der Waals surface area contributed by atoms with Crippen LogP contribution in [0.2, 0.25) is 5.02 Å². The van der Waals surface area contributed by atoms with Gasteiger partial charge in [0.05, 0.1) is 10.6 Å². The first-order valence-corrected chi connectivity index (χ1v) is 6.49. The second-order valence-corrected chi connectivity index (χ2v) is 5.26. The third-order valence-electron chi connectivity index (χ3n) is 2.70. The van der Waals surface area contributed by atoms with Gasteiger partial charge in [0.2, 0.25) is 0 Å². The zero-order chi connectivity index (χ0) is 15.1. The molecule has 0 fully saturated rings. The number of halogens is 6. The first-order chi connectivity index (χ1) is 9.21. The molecular weight excluding hydrogens is 361 g/mol. The molecule has 106 valence electrons. The Balaban J connectivity index is 2.58. The fourth-order valence-electron chi connectivity index (χ4n) is 1.72. The molecule has 0 radical (unpaired) electrons. The highest BCUT2D eigenvalue weighted by Crippen LogP contribution is 2.38. The van der Waals surface area contributed by atoms with E-state index in [4.69, 9.17) is 17.3 Å². The average Bonchev–Trinajstić information content (AvgIpc) is 2.36. The summed E-state index contributed by atoms with van der Waals surface area (Å²) in [6.45, 7) is 0. The minimum Gasteiger partial charge on any atom is -0.398 e. The first-order valence-electron chi connectivity index (χ1n) is 5.32. The molecule has 0 amide bonds. The van der Waals surface area contributed by atoms with Crippen LogP contribution in [0.4, 0.5) is 23.2 Å². The fraction of sp³-hybridized carbons (Fsp3) is 0.0769. The van der Waals surface area contributed by atoms with Crippen LogP contribution in [0.1, 0.15) is 5.56 Å². The molecule has 20 heavy (non-hydrogen) atoms. The maximum Gasteiger partial charge on any atom is 0.416 e. The number of anilines is 1. The quantitative estimate of drug-likeness (QED) is 0.401. The summed E-state index contributed by atoms with van der Waals surface area (Å²) in [4.78, 5) is 0. The molecule has 2 aromatic carbocycles. The van der Waals surface area contributed by atoms with Crippen molar-refractivity contribution in [3.8, 4) is 11.1 Å². The maximum absolute atomic E-state index is 14.0. The van der Waals surface area contributed by atoms with Crippen molar-refractivity contribution in [3.63, 3.8) is 0 Å². The Kier molecular flexibility index (Phi) is 3.97. The largest absolute Gasteiger partial charge is 0.416 e. The number of hydrogen-bond acceptors (Lipinski definition) is 1. The molecular formula is C13H7BrClF4N. The van der Waals surface area contributed by atoms with Crippen LogP contribution in [0.3, 0.4) is 0 Å². The SMILES string of the molecule is Nc1cc(C(F)(F)F)ccc1-c1ccc(Br)c(Cl)c1F. The molecule has 0 bridgehead atoms. The Hall–Kier alpha value is -1.27. The second kappa shape index (κ2) is 5.26. The fourth-order valence-corrected chi connectivity index (χ4v) is 2.19. The lowest BCUT2D eigenvalue weighted by atomic mass is 10.0. The minimum absolute atomic E-state index is 0.0458. The standard InChI is InChI=1S/C13H7BrClF4N/c14-9-4-3-8(12(16)11(9)15)7-2-1-6(5-10(7)20)13(17,18)19/h1-5H,20H2. The molecule has 2 aromatic rings. The van der Waals surface area contributed by atoms with Gasteiger partial charge >= 0.3 is 6.18 Å². The second-order valence-electron chi connectivity index (χ2n) is 4.02. The Morgan fingerprint density at radius 2 is 1.65 bits per heavy atom. The topological polar surface area (TPSA) is 26.0 Å². The van der Waals surface area contributed by atoms with Gasteiger partial charge in [-0.1, -0.05) is 23.7 Å². The summed E-state index contributed by atoms with van der Waals surface area (Å²) >= 11 is 8.80. The molecule has 0 heterocycles. The van der Waals surface area contributed by atoms with E-state index in [2.05, 4.69) is 15.9 Å². The van der Waals surface area contributed by atoms with E-state index in [1.165, 1.54) is 12.1 Å². The van der Waals surface area contributed by atoms with Crippen molar-refractivity contribution < 1.29 is 17.6 Å². The number of hydrogen-bond donors (Lipinski definition) is 1. The molecule has 0 aliphatic heterocycles. The van der Waals surface area contributed by atoms with E-state index in [1.807, 2.05) is 0 Å². The zero-order valence-electron chi connectivity index (χ0n) is 9.73. The summed E-state index contributed by atoms with van der Waals surface area (Å²) in [5.74, 6) is -0.743. The van der Waals surface area contributed by atoms with Gasteiger partial charge in [0.15, 0.2) is 5.82 Å². The van der Waals surface area contributed by atoms with Gasteiger partial charge in [-0.05, 0) is 34.1 Å². The third-order valence-corrected chi connectivity index (χ3v) is 3.96. The molecule has 0 saturated heterocycles. The van der Waals surface area contributed by atoms with Crippen LogP contribution >= 0.6 is 27.5 Å². The molecule has 2 N–H and O–H groups in total. The smallest absolute Gasteiger partial charge is 0.398 e. The molecule has 0 aliphatic rings. The molecule has 0 aromatic heterocycles. The molecule has 0 spiro atoms. The normalized spacial score (nSPS) is 11.7. The van der Waals surface area contributed by atoms with Crippen LogP contribution in [0.5, 0.6) is 0 Å². The number of benzene rings is 2. The van der Waals surface area contributed by atoms with Gasteiger partial charge in [-0.15, -0.1) is 0 Å².